The van der Waals surface area contributed by atoms with Crippen molar-refractivity contribution in [2.75, 3.05) is 18.8 Å². The number of nitrogens with zero attached hydrogens (tertiary/aromatic N) is 3. The molecular formula is C18H19N5O. The van der Waals surface area contributed by atoms with Crippen molar-refractivity contribution in [1.29, 1.82) is 0 Å². The molecule has 0 saturated carbocycles. The first-order valence-corrected chi connectivity index (χ1v) is 8.18. The average Bonchev–Trinajstić information content (AvgIpc) is 3.04. The largest absolute Gasteiger partial charge is 0.382 e. The number of hydrogen-bond donors (Lipinski definition) is 2. The van der Waals surface area contributed by atoms with Crippen LogP contribution in [0.3, 0.4) is 0 Å². The number of fused-ring (bicyclic) bond motifs is 1. The SMILES string of the molecule is Nc1ncnn2c(C3CCNCC3)cc(C(=O)c3ccccc3)c12. The van der Waals surface area contributed by atoms with Gasteiger partial charge < -0.3 is 11.1 Å². The third kappa shape index (κ3) is 2.45. The molecule has 1 saturated heterocycles. The zero-order valence-corrected chi connectivity index (χ0v) is 13.3. The predicted molar refractivity (Wildman–Crippen MR) is 92.1 cm³/mol. The van der Waals surface area contributed by atoms with E-state index < -0.39 is 0 Å². The number of rotatable bonds is 3. The number of anilines is 1. The summed E-state index contributed by atoms with van der Waals surface area (Å²) in [6.45, 7) is 1.95. The Hall–Kier alpha value is -2.73. The zero-order chi connectivity index (χ0) is 16.5. The summed E-state index contributed by atoms with van der Waals surface area (Å²) in [5.41, 5.74) is 8.95. The van der Waals surface area contributed by atoms with Crippen LogP contribution in [-0.4, -0.2) is 33.5 Å². The fraction of sp³-hybridized carbons (Fsp3) is 0.278. The van der Waals surface area contributed by atoms with Gasteiger partial charge in [0.1, 0.15) is 11.8 Å². The van der Waals surface area contributed by atoms with E-state index in [2.05, 4.69) is 15.4 Å². The number of piperidine rings is 1. The lowest BCUT2D eigenvalue weighted by molar-refractivity contribution is 0.104. The molecule has 3 N–H and O–H groups in total. The molecule has 3 aromatic rings. The van der Waals surface area contributed by atoms with Crippen molar-refractivity contribution >= 4 is 17.1 Å². The molecule has 4 rings (SSSR count). The third-order valence-corrected chi connectivity index (χ3v) is 4.65. The highest BCUT2D eigenvalue weighted by Gasteiger charge is 2.25. The van der Waals surface area contributed by atoms with E-state index in [0.717, 1.165) is 31.6 Å². The van der Waals surface area contributed by atoms with Crippen molar-refractivity contribution in [3.05, 3.63) is 59.5 Å². The molecule has 2 aromatic heterocycles. The van der Waals surface area contributed by atoms with Gasteiger partial charge in [-0.15, -0.1) is 0 Å². The van der Waals surface area contributed by atoms with Gasteiger partial charge in [-0.05, 0) is 32.0 Å². The molecule has 1 aliphatic rings. The topological polar surface area (TPSA) is 85.3 Å². The second-order valence-corrected chi connectivity index (χ2v) is 6.11. The van der Waals surface area contributed by atoms with Crippen molar-refractivity contribution in [2.24, 2.45) is 0 Å². The number of nitrogen functional groups attached to an aromatic ring is 1. The smallest absolute Gasteiger partial charge is 0.195 e. The number of carbonyl (C=O) groups excluding carboxylic acids is 1. The lowest BCUT2D eigenvalue weighted by atomic mass is 9.94. The number of aromatic nitrogens is 3. The highest BCUT2D eigenvalue weighted by Crippen LogP contribution is 2.31. The number of benzene rings is 1. The molecule has 6 nitrogen and oxygen atoms in total. The van der Waals surface area contributed by atoms with Crippen LogP contribution in [0.1, 0.15) is 40.4 Å². The molecule has 0 unspecified atom stereocenters. The predicted octanol–water partition coefficient (Wildman–Crippen LogP) is 2.01. The maximum absolute atomic E-state index is 13.0. The van der Waals surface area contributed by atoms with Crippen molar-refractivity contribution in [3.8, 4) is 0 Å². The Morgan fingerprint density at radius 2 is 1.96 bits per heavy atom. The summed E-state index contributed by atoms with van der Waals surface area (Å²) in [6.07, 6.45) is 3.49. The van der Waals surface area contributed by atoms with Gasteiger partial charge in [-0.2, -0.15) is 5.10 Å². The van der Waals surface area contributed by atoms with Crippen LogP contribution in [0.2, 0.25) is 0 Å². The quantitative estimate of drug-likeness (QED) is 0.721. The highest BCUT2D eigenvalue weighted by molar-refractivity contribution is 6.14. The van der Waals surface area contributed by atoms with Crippen molar-refractivity contribution in [2.45, 2.75) is 18.8 Å². The van der Waals surface area contributed by atoms with Gasteiger partial charge in [0.25, 0.3) is 0 Å². The van der Waals surface area contributed by atoms with E-state index in [1.807, 2.05) is 36.4 Å². The molecule has 0 atom stereocenters. The van der Waals surface area contributed by atoms with Gasteiger partial charge in [-0.25, -0.2) is 9.50 Å². The number of ketones is 1. The Morgan fingerprint density at radius 3 is 2.71 bits per heavy atom. The Kier molecular flexibility index (Phi) is 3.74. The molecule has 3 heterocycles. The van der Waals surface area contributed by atoms with E-state index >= 15 is 0 Å². The van der Waals surface area contributed by atoms with Gasteiger partial charge in [0.2, 0.25) is 0 Å². The summed E-state index contributed by atoms with van der Waals surface area (Å²) >= 11 is 0. The van der Waals surface area contributed by atoms with E-state index in [1.54, 1.807) is 4.52 Å². The first kappa shape index (κ1) is 14.8. The van der Waals surface area contributed by atoms with Gasteiger partial charge >= 0.3 is 0 Å². The Bertz CT molecular complexity index is 881. The molecule has 1 fully saturated rings. The molecule has 1 aliphatic heterocycles. The maximum Gasteiger partial charge on any atom is 0.195 e. The van der Waals surface area contributed by atoms with Gasteiger partial charge in [0.15, 0.2) is 11.6 Å². The summed E-state index contributed by atoms with van der Waals surface area (Å²) in [6, 6.07) is 11.2. The lowest BCUT2D eigenvalue weighted by Gasteiger charge is -2.22. The minimum Gasteiger partial charge on any atom is -0.382 e. The summed E-state index contributed by atoms with van der Waals surface area (Å²) in [4.78, 5) is 17.1. The van der Waals surface area contributed by atoms with Gasteiger partial charge in [0.05, 0.1) is 5.56 Å². The summed E-state index contributed by atoms with van der Waals surface area (Å²) in [7, 11) is 0. The molecule has 0 aliphatic carbocycles. The average molecular weight is 321 g/mol. The minimum atomic E-state index is -0.0465. The Balaban J connectivity index is 1.88. The van der Waals surface area contributed by atoms with Crippen LogP contribution >= 0.6 is 0 Å². The van der Waals surface area contributed by atoms with E-state index in [9.17, 15) is 4.79 Å². The van der Waals surface area contributed by atoms with Crippen LogP contribution in [-0.2, 0) is 0 Å². The first-order chi connectivity index (χ1) is 11.8. The first-order valence-electron chi connectivity index (χ1n) is 8.18. The number of carbonyl (C=O) groups is 1. The second kappa shape index (κ2) is 6.05. The van der Waals surface area contributed by atoms with Gasteiger partial charge in [0, 0.05) is 17.2 Å². The van der Waals surface area contributed by atoms with Crippen LogP contribution in [0.15, 0.2) is 42.7 Å². The summed E-state index contributed by atoms with van der Waals surface area (Å²) in [5, 5.41) is 7.73. The third-order valence-electron chi connectivity index (χ3n) is 4.65. The lowest BCUT2D eigenvalue weighted by Crippen LogP contribution is -2.27. The molecule has 1 aromatic carbocycles. The Labute approximate surface area is 139 Å². The van der Waals surface area contributed by atoms with Gasteiger partial charge in [-0.1, -0.05) is 30.3 Å². The summed E-state index contributed by atoms with van der Waals surface area (Å²) < 4.78 is 1.80. The molecule has 0 spiro atoms. The van der Waals surface area contributed by atoms with E-state index in [0.29, 0.717) is 28.4 Å². The van der Waals surface area contributed by atoms with E-state index in [4.69, 9.17) is 5.73 Å². The molecule has 6 heteroatoms. The number of nitrogens with one attached hydrogen (secondary N) is 1. The van der Waals surface area contributed by atoms with Gasteiger partial charge in [-0.3, -0.25) is 4.79 Å². The fourth-order valence-corrected chi connectivity index (χ4v) is 3.42. The zero-order valence-electron chi connectivity index (χ0n) is 13.3. The Morgan fingerprint density at radius 1 is 1.21 bits per heavy atom. The number of hydrogen-bond acceptors (Lipinski definition) is 5. The molecule has 24 heavy (non-hydrogen) atoms. The second-order valence-electron chi connectivity index (χ2n) is 6.11. The van der Waals surface area contributed by atoms with Crippen LogP contribution in [0, 0.1) is 0 Å². The van der Waals surface area contributed by atoms with Crippen molar-refractivity contribution in [3.63, 3.8) is 0 Å². The molecule has 122 valence electrons. The number of nitrogens with two attached hydrogens (primary N) is 1. The van der Waals surface area contributed by atoms with Crippen molar-refractivity contribution in [1.82, 2.24) is 19.9 Å². The minimum absolute atomic E-state index is 0.0465. The van der Waals surface area contributed by atoms with Crippen LogP contribution in [0.4, 0.5) is 5.82 Å². The van der Waals surface area contributed by atoms with E-state index in [1.165, 1.54) is 6.33 Å². The standard InChI is InChI=1S/C18H19N5O/c19-18-16-14(17(24)13-4-2-1-3-5-13)10-15(23(16)22-11-21-18)12-6-8-20-9-7-12/h1-5,10-12,20H,6-9H2,(H2,19,21,22). The molecule has 0 amide bonds. The van der Waals surface area contributed by atoms with Crippen molar-refractivity contribution < 1.29 is 4.79 Å². The highest BCUT2D eigenvalue weighted by atomic mass is 16.1. The molecule has 0 bridgehead atoms. The normalized spacial score (nSPS) is 15.7. The molecular weight excluding hydrogens is 302 g/mol. The van der Waals surface area contributed by atoms with E-state index in [-0.39, 0.29) is 5.78 Å². The molecule has 0 radical (unpaired) electrons. The maximum atomic E-state index is 13.0. The van der Waals surface area contributed by atoms with Crippen LogP contribution in [0.5, 0.6) is 0 Å². The summed E-state index contributed by atoms with van der Waals surface area (Å²) in [5.74, 6) is 0.657. The monoisotopic (exact) mass is 321 g/mol. The van der Waals surface area contributed by atoms with Crippen LogP contribution < -0.4 is 11.1 Å². The van der Waals surface area contributed by atoms with Crippen LogP contribution in [0.25, 0.3) is 5.52 Å². The fourth-order valence-electron chi connectivity index (χ4n) is 3.42.